The zero-order valence-electron chi connectivity index (χ0n) is 26.7. The van der Waals surface area contributed by atoms with Crippen molar-refractivity contribution in [3.05, 3.63) is 70.8 Å². The first kappa shape index (κ1) is 35.3. The summed E-state index contributed by atoms with van der Waals surface area (Å²) in [4.78, 5) is 27.0. The number of nitrogens with two attached hydrogens (primary N) is 1. The molecule has 42 heavy (non-hydrogen) atoms. The van der Waals surface area contributed by atoms with Gasteiger partial charge in [0.2, 0.25) is 5.78 Å². The molecule has 2 bridgehead atoms. The highest BCUT2D eigenvalue weighted by atomic mass is 16.5. The number of aliphatic hydroxyl groups is 1. The molecule has 2 aliphatic carbocycles. The number of hydrogen-bond acceptors (Lipinski definition) is 8. The van der Waals surface area contributed by atoms with Gasteiger partial charge in [0.25, 0.3) is 0 Å². The van der Waals surface area contributed by atoms with Crippen LogP contribution in [0, 0.1) is 17.8 Å². The number of fused-ring (bicyclic) bond motifs is 2. The van der Waals surface area contributed by atoms with E-state index in [0.717, 1.165) is 12.0 Å². The van der Waals surface area contributed by atoms with Crippen LogP contribution < -0.4 is 11.1 Å². The number of rotatable bonds is 7. The first-order valence-corrected chi connectivity index (χ1v) is 15.0. The molecule has 234 valence electrons. The van der Waals surface area contributed by atoms with Crippen LogP contribution in [0.25, 0.3) is 0 Å². The predicted molar refractivity (Wildman–Crippen MR) is 167 cm³/mol. The normalized spacial score (nSPS) is 33.6. The first-order valence-electron chi connectivity index (χ1n) is 15.0. The van der Waals surface area contributed by atoms with Crippen LogP contribution in [0.1, 0.15) is 67.2 Å². The van der Waals surface area contributed by atoms with Gasteiger partial charge in [-0.3, -0.25) is 9.59 Å². The van der Waals surface area contributed by atoms with E-state index in [2.05, 4.69) is 38.7 Å². The maximum atomic E-state index is 13.7. The topological polar surface area (TPSA) is 120 Å². The van der Waals surface area contributed by atoms with Crippen LogP contribution in [0.2, 0.25) is 0 Å². The molecule has 0 radical (unpaired) electrons. The highest BCUT2D eigenvalue weighted by Crippen LogP contribution is 2.32. The number of Topliss-reactive ketones (excluding diaryl/α,β-unsaturated/α-hetero) is 1. The highest BCUT2D eigenvalue weighted by molar-refractivity contribution is 6.22. The Kier molecular flexibility index (Phi) is 14.0. The summed E-state index contributed by atoms with van der Waals surface area (Å²) in [6.07, 6.45) is 8.92. The van der Waals surface area contributed by atoms with Crippen molar-refractivity contribution in [3.8, 4) is 0 Å². The van der Waals surface area contributed by atoms with E-state index in [4.69, 9.17) is 19.9 Å². The van der Waals surface area contributed by atoms with Gasteiger partial charge in [0.15, 0.2) is 17.8 Å². The van der Waals surface area contributed by atoms with E-state index < -0.39 is 18.3 Å². The summed E-state index contributed by atoms with van der Waals surface area (Å²) in [6.45, 7) is 16.5. The van der Waals surface area contributed by atoms with Crippen molar-refractivity contribution in [2.45, 2.75) is 91.6 Å². The standard InChI is InChI=1S/C34H52N2O6/c1-10-14-36-32-27-15-20(2)16-31(41-9)24(6)22(4)17-23(5)34(42-25(7)35)30(40-8)13-11-12-21(3)28(37)18-26(33(27)39)19-29(32)38/h11-13,17,19-20,22,24,28,30-31,34,36-37H,7,10,14-16,18,35H2,1-6,8-9H3/b13-11-,21-12+,23-17+/t20-,22+,24-,28?,30+,31+,34+/m1/s1. The summed E-state index contributed by atoms with van der Waals surface area (Å²) >= 11 is 0. The van der Waals surface area contributed by atoms with Gasteiger partial charge in [-0.25, -0.2) is 0 Å². The van der Waals surface area contributed by atoms with Crippen molar-refractivity contribution >= 4 is 11.6 Å². The molecular formula is C34H52N2O6. The van der Waals surface area contributed by atoms with Gasteiger partial charge in [-0.05, 0) is 74.7 Å². The minimum Gasteiger partial charge on any atom is -0.469 e. The molecule has 0 heterocycles. The number of ketones is 2. The smallest absolute Gasteiger partial charge is 0.202 e. The predicted octanol–water partition coefficient (Wildman–Crippen LogP) is 5.07. The molecule has 8 heteroatoms. The van der Waals surface area contributed by atoms with Crippen LogP contribution in [-0.2, 0) is 23.8 Å². The molecule has 0 amide bonds. The summed E-state index contributed by atoms with van der Waals surface area (Å²) < 4.78 is 17.7. The van der Waals surface area contributed by atoms with Gasteiger partial charge in [0.05, 0.1) is 17.9 Å². The Labute approximate surface area is 252 Å². The Bertz CT molecular complexity index is 1130. The lowest BCUT2D eigenvalue weighted by Gasteiger charge is -2.31. The number of carbonyl (C=O) groups excluding carboxylic acids is 2. The van der Waals surface area contributed by atoms with Gasteiger partial charge in [-0.2, -0.15) is 0 Å². The third-order valence-corrected chi connectivity index (χ3v) is 8.30. The largest absolute Gasteiger partial charge is 0.469 e. The molecule has 1 unspecified atom stereocenters. The van der Waals surface area contributed by atoms with Crippen molar-refractivity contribution in [2.75, 3.05) is 20.8 Å². The lowest BCUT2D eigenvalue weighted by molar-refractivity contribution is -0.116. The number of carbonyl (C=O) groups is 2. The van der Waals surface area contributed by atoms with E-state index in [1.165, 1.54) is 6.08 Å². The van der Waals surface area contributed by atoms with Gasteiger partial charge in [0, 0.05) is 38.3 Å². The molecule has 0 aromatic heterocycles. The fraction of sp³-hybridized carbons (Fsp3) is 0.588. The second-order valence-electron chi connectivity index (χ2n) is 11.8. The van der Waals surface area contributed by atoms with E-state index in [-0.39, 0.29) is 47.7 Å². The molecule has 4 N–H and O–H groups in total. The van der Waals surface area contributed by atoms with Crippen molar-refractivity contribution in [1.82, 2.24) is 5.32 Å². The zero-order chi connectivity index (χ0) is 31.6. The number of methoxy groups -OCH3 is 2. The number of aliphatic hydroxyl groups excluding tert-OH is 1. The minimum atomic E-state index is -0.943. The van der Waals surface area contributed by atoms with Gasteiger partial charge < -0.3 is 30.4 Å². The number of hydrogen-bond donors (Lipinski definition) is 3. The second-order valence-corrected chi connectivity index (χ2v) is 11.8. The lowest BCUT2D eigenvalue weighted by Crippen LogP contribution is -2.33. The van der Waals surface area contributed by atoms with Crippen molar-refractivity contribution in [2.24, 2.45) is 23.5 Å². The maximum Gasteiger partial charge on any atom is 0.202 e. The Morgan fingerprint density at radius 2 is 1.81 bits per heavy atom. The first-order chi connectivity index (χ1) is 19.8. The lowest BCUT2D eigenvalue weighted by atomic mass is 9.80. The van der Waals surface area contributed by atoms with E-state index in [9.17, 15) is 14.7 Å². The summed E-state index contributed by atoms with van der Waals surface area (Å²) in [5.74, 6) is 0.00477. The minimum absolute atomic E-state index is 0.0449. The van der Waals surface area contributed by atoms with E-state index in [0.29, 0.717) is 41.8 Å². The van der Waals surface area contributed by atoms with Gasteiger partial charge in [-0.1, -0.05) is 52.0 Å². The fourth-order valence-electron chi connectivity index (χ4n) is 5.58. The van der Waals surface area contributed by atoms with Crippen LogP contribution in [0.5, 0.6) is 0 Å². The van der Waals surface area contributed by atoms with Crippen molar-refractivity contribution in [3.63, 3.8) is 0 Å². The van der Waals surface area contributed by atoms with Gasteiger partial charge in [0.1, 0.15) is 6.10 Å². The molecule has 8 nitrogen and oxygen atoms in total. The van der Waals surface area contributed by atoms with Crippen LogP contribution in [0.15, 0.2) is 70.8 Å². The summed E-state index contributed by atoms with van der Waals surface area (Å²) in [5.41, 5.74) is 8.63. The molecule has 0 aliphatic heterocycles. The average Bonchev–Trinajstić information content (AvgIpc) is 2.94. The average molecular weight is 585 g/mol. The number of nitrogens with one attached hydrogen (secondary N) is 1. The highest BCUT2D eigenvalue weighted by Gasteiger charge is 2.32. The van der Waals surface area contributed by atoms with Crippen LogP contribution in [0.4, 0.5) is 0 Å². The van der Waals surface area contributed by atoms with Gasteiger partial charge >= 0.3 is 0 Å². The maximum absolute atomic E-state index is 13.7. The Hall–Kier alpha value is -2.94. The molecule has 0 saturated carbocycles. The second kappa shape index (κ2) is 16.6. The molecule has 2 aliphatic rings. The number of allylic oxidation sites excluding steroid dienone is 5. The molecule has 0 spiro atoms. The molecule has 7 atom stereocenters. The summed E-state index contributed by atoms with van der Waals surface area (Å²) in [6, 6.07) is 0. The van der Waals surface area contributed by atoms with E-state index in [1.807, 2.05) is 19.9 Å². The SMILES string of the molecule is C=C(N)O[C@H]1/C(C)=C/[C@H](C)[C@@H](C)[C@@H](OC)C[C@H](C)CC2=C(NCCC)C(=O)C=C(CC(O)/C(C)=C/C=C\[C@@H]1OC)C2=O. The molecular weight excluding hydrogens is 532 g/mol. The molecule has 0 fully saturated rings. The molecule has 2 rings (SSSR count). The van der Waals surface area contributed by atoms with Crippen LogP contribution in [-0.4, -0.2) is 61.9 Å². The quantitative estimate of drug-likeness (QED) is 0.216. The number of ether oxygens (including phenoxy) is 3. The van der Waals surface area contributed by atoms with Crippen LogP contribution in [0.3, 0.4) is 0 Å². The fourth-order valence-corrected chi connectivity index (χ4v) is 5.58. The third-order valence-electron chi connectivity index (χ3n) is 8.30. The van der Waals surface area contributed by atoms with Crippen molar-refractivity contribution < 1.29 is 28.9 Å². The third kappa shape index (κ3) is 9.54. The Morgan fingerprint density at radius 1 is 1.12 bits per heavy atom. The Balaban J connectivity index is 2.61. The monoisotopic (exact) mass is 584 g/mol. The molecule has 0 aromatic carbocycles. The summed E-state index contributed by atoms with van der Waals surface area (Å²) in [5, 5.41) is 14.2. The Morgan fingerprint density at radius 3 is 2.40 bits per heavy atom. The molecule has 0 saturated heterocycles. The van der Waals surface area contributed by atoms with Gasteiger partial charge in [-0.15, -0.1) is 0 Å². The summed E-state index contributed by atoms with van der Waals surface area (Å²) in [7, 11) is 3.31. The van der Waals surface area contributed by atoms with Crippen molar-refractivity contribution in [1.29, 1.82) is 0 Å². The molecule has 0 aromatic rings. The van der Waals surface area contributed by atoms with Crippen LogP contribution >= 0.6 is 0 Å². The zero-order valence-corrected chi connectivity index (χ0v) is 26.7. The van der Waals surface area contributed by atoms with E-state index >= 15 is 0 Å². The van der Waals surface area contributed by atoms with E-state index in [1.54, 1.807) is 33.3 Å².